The molecule has 0 atom stereocenters. The van der Waals surface area contributed by atoms with Crippen LogP contribution >= 0.6 is 34.5 Å². The van der Waals surface area contributed by atoms with Gasteiger partial charge in [-0.3, -0.25) is 4.79 Å². The number of anilines is 1. The minimum Gasteiger partial charge on any atom is -0.481 e. The highest BCUT2D eigenvalue weighted by molar-refractivity contribution is 7.22. The number of hydrogen-bond donors (Lipinski definition) is 2. The molecule has 0 fully saturated rings. The number of thiazole rings is 1. The zero-order chi connectivity index (χ0) is 12.4. The molecule has 2 rings (SSSR count). The zero-order valence-corrected chi connectivity index (χ0v) is 10.9. The van der Waals surface area contributed by atoms with Crippen LogP contribution in [-0.2, 0) is 4.79 Å². The second-order valence-electron chi connectivity index (χ2n) is 3.33. The first-order valence-electron chi connectivity index (χ1n) is 4.77. The Labute approximate surface area is 111 Å². The molecule has 0 bridgehead atoms. The van der Waals surface area contributed by atoms with E-state index in [9.17, 15) is 4.79 Å². The lowest BCUT2D eigenvalue weighted by Crippen LogP contribution is -2.06. The summed E-state index contributed by atoms with van der Waals surface area (Å²) in [6, 6.07) is 3.38. The standard InChI is InChI=1S/C10H8Cl2N2O2S/c11-5-3-6(12)9-7(4-5)14-10(17-9)13-2-1-8(15)16/h3-4H,1-2H2,(H,13,14)(H,15,16). The number of hydrogen-bond acceptors (Lipinski definition) is 4. The third-order valence-electron chi connectivity index (χ3n) is 2.02. The number of fused-ring (bicyclic) bond motifs is 1. The lowest BCUT2D eigenvalue weighted by molar-refractivity contribution is -0.136. The van der Waals surface area contributed by atoms with Crippen molar-refractivity contribution >= 4 is 55.9 Å². The van der Waals surface area contributed by atoms with Crippen molar-refractivity contribution in [2.24, 2.45) is 0 Å². The second kappa shape index (κ2) is 5.08. The number of carboxylic acid groups (broad SMARTS) is 1. The summed E-state index contributed by atoms with van der Waals surface area (Å²) in [7, 11) is 0. The number of halogens is 2. The molecule has 7 heteroatoms. The third-order valence-corrected chi connectivity index (χ3v) is 3.72. The van der Waals surface area contributed by atoms with Gasteiger partial charge in [-0.05, 0) is 12.1 Å². The lowest BCUT2D eigenvalue weighted by Gasteiger charge is -1.97. The average Bonchev–Trinajstić information content (AvgIpc) is 2.60. The molecule has 17 heavy (non-hydrogen) atoms. The predicted molar refractivity (Wildman–Crippen MR) is 70.4 cm³/mol. The van der Waals surface area contributed by atoms with Gasteiger partial charge in [-0.1, -0.05) is 34.5 Å². The van der Waals surface area contributed by atoms with Gasteiger partial charge in [0, 0.05) is 11.6 Å². The largest absolute Gasteiger partial charge is 0.481 e. The van der Waals surface area contributed by atoms with E-state index in [4.69, 9.17) is 28.3 Å². The highest BCUT2D eigenvalue weighted by atomic mass is 35.5. The van der Waals surface area contributed by atoms with E-state index in [1.807, 2.05) is 0 Å². The molecular formula is C10H8Cl2N2O2S. The Hall–Kier alpha value is -1.04. The Balaban J connectivity index is 2.20. The number of aromatic nitrogens is 1. The van der Waals surface area contributed by atoms with Crippen molar-refractivity contribution in [2.45, 2.75) is 6.42 Å². The number of carboxylic acids is 1. The molecule has 0 aliphatic heterocycles. The lowest BCUT2D eigenvalue weighted by atomic mass is 10.3. The highest BCUT2D eigenvalue weighted by Gasteiger charge is 2.08. The van der Waals surface area contributed by atoms with Crippen LogP contribution in [-0.4, -0.2) is 22.6 Å². The van der Waals surface area contributed by atoms with Crippen LogP contribution < -0.4 is 5.32 Å². The molecule has 90 valence electrons. The monoisotopic (exact) mass is 290 g/mol. The number of rotatable bonds is 4. The molecule has 1 aromatic heterocycles. The minimum absolute atomic E-state index is 0.0460. The Morgan fingerprint density at radius 1 is 1.47 bits per heavy atom. The van der Waals surface area contributed by atoms with Crippen molar-refractivity contribution in [3.8, 4) is 0 Å². The first-order valence-corrected chi connectivity index (χ1v) is 6.35. The minimum atomic E-state index is -0.848. The topological polar surface area (TPSA) is 62.2 Å². The number of carbonyl (C=O) groups is 1. The molecule has 0 amide bonds. The van der Waals surface area contributed by atoms with E-state index in [1.54, 1.807) is 12.1 Å². The molecule has 2 N–H and O–H groups in total. The van der Waals surface area contributed by atoms with Gasteiger partial charge in [-0.2, -0.15) is 0 Å². The van der Waals surface area contributed by atoms with Crippen LogP contribution in [0.5, 0.6) is 0 Å². The molecule has 0 saturated heterocycles. The summed E-state index contributed by atoms with van der Waals surface area (Å²) in [4.78, 5) is 14.6. The van der Waals surface area contributed by atoms with Gasteiger partial charge < -0.3 is 10.4 Å². The molecule has 0 aliphatic carbocycles. The van der Waals surface area contributed by atoms with Crippen LogP contribution in [0, 0.1) is 0 Å². The van der Waals surface area contributed by atoms with Gasteiger partial charge in [0.2, 0.25) is 0 Å². The van der Waals surface area contributed by atoms with Crippen LogP contribution in [0.25, 0.3) is 10.2 Å². The summed E-state index contributed by atoms with van der Waals surface area (Å²) in [6.45, 7) is 0.334. The van der Waals surface area contributed by atoms with Gasteiger partial charge in [0.1, 0.15) is 0 Å². The first kappa shape index (κ1) is 12.4. The maximum Gasteiger partial charge on any atom is 0.305 e. The molecule has 0 aliphatic rings. The van der Waals surface area contributed by atoms with Crippen molar-refractivity contribution in [1.29, 1.82) is 0 Å². The van der Waals surface area contributed by atoms with Crippen molar-refractivity contribution in [3.05, 3.63) is 22.2 Å². The van der Waals surface area contributed by atoms with E-state index in [2.05, 4.69) is 10.3 Å². The Kier molecular flexibility index (Phi) is 3.71. The van der Waals surface area contributed by atoms with Gasteiger partial charge in [-0.15, -0.1) is 0 Å². The van der Waals surface area contributed by atoms with Gasteiger partial charge in [0.15, 0.2) is 5.13 Å². The van der Waals surface area contributed by atoms with E-state index in [0.717, 1.165) is 4.70 Å². The van der Waals surface area contributed by atoms with E-state index >= 15 is 0 Å². The van der Waals surface area contributed by atoms with Crippen LogP contribution in [0.2, 0.25) is 10.0 Å². The van der Waals surface area contributed by atoms with Crippen molar-refractivity contribution in [2.75, 3.05) is 11.9 Å². The fourth-order valence-corrected chi connectivity index (χ4v) is 2.79. The summed E-state index contributed by atoms with van der Waals surface area (Å²) >= 11 is 13.3. The molecule has 0 saturated carbocycles. The summed E-state index contributed by atoms with van der Waals surface area (Å²) in [5.41, 5.74) is 0.713. The molecule has 4 nitrogen and oxygen atoms in total. The maximum atomic E-state index is 10.4. The number of aliphatic carboxylic acids is 1. The molecule has 0 spiro atoms. The highest BCUT2D eigenvalue weighted by Crippen LogP contribution is 2.34. The zero-order valence-electron chi connectivity index (χ0n) is 8.54. The molecule has 1 heterocycles. The molecular weight excluding hydrogens is 283 g/mol. The van der Waals surface area contributed by atoms with E-state index in [0.29, 0.717) is 27.2 Å². The summed E-state index contributed by atoms with van der Waals surface area (Å²) in [5.74, 6) is -0.848. The van der Waals surface area contributed by atoms with Crippen LogP contribution in [0.3, 0.4) is 0 Å². The average molecular weight is 291 g/mol. The van der Waals surface area contributed by atoms with Gasteiger partial charge in [-0.25, -0.2) is 4.98 Å². The summed E-state index contributed by atoms with van der Waals surface area (Å²) in [6.07, 6.45) is 0.0460. The number of nitrogens with zero attached hydrogens (tertiary/aromatic N) is 1. The van der Waals surface area contributed by atoms with Crippen LogP contribution in [0.4, 0.5) is 5.13 Å². The number of nitrogens with one attached hydrogen (secondary N) is 1. The van der Waals surface area contributed by atoms with E-state index in [1.165, 1.54) is 11.3 Å². The molecule has 2 aromatic rings. The fraction of sp³-hybridized carbons (Fsp3) is 0.200. The van der Waals surface area contributed by atoms with E-state index < -0.39 is 5.97 Å². The van der Waals surface area contributed by atoms with Gasteiger partial charge in [0.25, 0.3) is 0 Å². The fourth-order valence-electron chi connectivity index (χ4n) is 1.31. The first-order chi connectivity index (χ1) is 8.06. The second-order valence-corrected chi connectivity index (χ2v) is 5.17. The van der Waals surface area contributed by atoms with Crippen molar-refractivity contribution in [1.82, 2.24) is 4.98 Å². The normalized spacial score (nSPS) is 10.7. The Bertz CT molecular complexity index is 571. The predicted octanol–water partition coefficient (Wildman–Crippen LogP) is 3.49. The van der Waals surface area contributed by atoms with Crippen LogP contribution in [0.15, 0.2) is 12.1 Å². The molecule has 1 aromatic carbocycles. The summed E-state index contributed by atoms with van der Waals surface area (Å²) in [5, 5.41) is 13.2. The quantitative estimate of drug-likeness (QED) is 0.905. The SMILES string of the molecule is O=C(O)CCNc1nc2cc(Cl)cc(Cl)c2s1. The molecule has 0 radical (unpaired) electrons. The van der Waals surface area contributed by atoms with Crippen LogP contribution in [0.1, 0.15) is 6.42 Å². The van der Waals surface area contributed by atoms with Crippen molar-refractivity contribution < 1.29 is 9.90 Å². The van der Waals surface area contributed by atoms with Gasteiger partial charge >= 0.3 is 5.97 Å². The van der Waals surface area contributed by atoms with Gasteiger partial charge in [0.05, 0.1) is 21.7 Å². The Morgan fingerprint density at radius 2 is 2.24 bits per heavy atom. The van der Waals surface area contributed by atoms with Crippen molar-refractivity contribution in [3.63, 3.8) is 0 Å². The molecule has 0 unspecified atom stereocenters. The maximum absolute atomic E-state index is 10.4. The van der Waals surface area contributed by atoms with E-state index in [-0.39, 0.29) is 6.42 Å². The number of benzene rings is 1. The Morgan fingerprint density at radius 3 is 2.94 bits per heavy atom. The summed E-state index contributed by atoms with van der Waals surface area (Å²) < 4.78 is 0.842. The smallest absolute Gasteiger partial charge is 0.305 e. The third kappa shape index (κ3) is 3.00.